The van der Waals surface area contributed by atoms with Crippen molar-refractivity contribution in [2.75, 3.05) is 26.4 Å². The van der Waals surface area contributed by atoms with Crippen LogP contribution < -0.4 is 5.73 Å². The predicted octanol–water partition coefficient (Wildman–Crippen LogP) is 5.82. The molecule has 0 saturated carbocycles. The largest absolute Gasteiger partial charge is 0.472 e. The van der Waals surface area contributed by atoms with Crippen LogP contribution in [0.15, 0.2) is 0 Å². The highest BCUT2D eigenvalue weighted by atomic mass is 31.2. The molecule has 0 aliphatic heterocycles. The second-order valence-electron chi connectivity index (χ2n) is 8.92. The summed E-state index contributed by atoms with van der Waals surface area (Å²) in [5, 5.41) is 0. The highest BCUT2D eigenvalue weighted by Gasteiger charge is 2.25. The van der Waals surface area contributed by atoms with Gasteiger partial charge in [0.05, 0.1) is 13.2 Å². The molecule has 35 heavy (non-hydrogen) atoms. The highest BCUT2D eigenvalue weighted by molar-refractivity contribution is 7.47. The molecule has 0 aromatic rings. The van der Waals surface area contributed by atoms with Crippen LogP contribution in [-0.4, -0.2) is 49.3 Å². The molecule has 2 atom stereocenters. The molecule has 0 spiro atoms. The van der Waals surface area contributed by atoms with Crippen molar-refractivity contribution in [3.63, 3.8) is 0 Å². The van der Waals surface area contributed by atoms with Crippen molar-refractivity contribution < 1.29 is 37.6 Å². The van der Waals surface area contributed by atoms with Crippen LogP contribution in [0.4, 0.5) is 0 Å². The average molecular weight is 524 g/mol. The molecule has 10 heteroatoms. The van der Waals surface area contributed by atoms with Crippen LogP contribution in [0.3, 0.4) is 0 Å². The third-order valence-corrected chi connectivity index (χ3v) is 6.48. The number of esters is 2. The first-order valence-electron chi connectivity index (χ1n) is 13.5. The lowest BCUT2D eigenvalue weighted by Crippen LogP contribution is -2.29. The summed E-state index contributed by atoms with van der Waals surface area (Å²) in [4.78, 5) is 33.8. The van der Waals surface area contributed by atoms with Gasteiger partial charge in [0, 0.05) is 19.4 Å². The van der Waals surface area contributed by atoms with E-state index in [1.165, 1.54) is 51.4 Å². The third-order valence-electron chi connectivity index (χ3n) is 5.49. The Labute approximate surface area is 212 Å². The van der Waals surface area contributed by atoms with Gasteiger partial charge in [-0.15, -0.1) is 0 Å². The number of unbranched alkanes of at least 4 members (excludes halogenated alkanes) is 12. The Morgan fingerprint density at radius 2 is 1.23 bits per heavy atom. The molecule has 0 fully saturated rings. The second-order valence-corrected chi connectivity index (χ2v) is 10.4. The zero-order valence-corrected chi connectivity index (χ0v) is 22.9. The van der Waals surface area contributed by atoms with E-state index in [9.17, 15) is 19.0 Å². The number of phosphoric ester groups is 1. The fraction of sp³-hybridized carbons (Fsp3) is 0.920. The van der Waals surface area contributed by atoms with Gasteiger partial charge >= 0.3 is 19.8 Å². The average Bonchev–Trinajstić information content (AvgIpc) is 2.83. The number of carbonyl (C=O) groups is 2. The van der Waals surface area contributed by atoms with E-state index >= 15 is 0 Å². The van der Waals surface area contributed by atoms with E-state index in [0.29, 0.717) is 6.42 Å². The van der Waals surface area contributed by atoms with Crippen LogP contribution in [0, 0.1) is 0 Å². The Balaban J connectivity index is 4.20. The number of phosphoric acid groups is 1. The summed E-state index contributed by atoms with van der Waals surface area (Å²) in [5.74, 6) is -0.858. The van der Waals surface area contributed by atoms with E-state index < -0.39 is 26.5 Å². The minimum Gasteiger partial charge on any atom is -0.462 e. The minimum absolute atomic E-state index is 0.0560. The first-order chi connectivity index (χ1) is 16.8. The number of nitrogens with two attached hydrogens (primary N) is 1. The van der Waals surface area contributed by atoms with Crippen molar-refractivity contribution in [1.82, 2.24) is 0 Å². The number of hydrogen-bond donors (Lipinski definition) is 2. The molecule has 0 aliphatic carbocycles. The summed E-state index contributed by atoms with van der Waals surface area (Å²) < 4.78 is 32.0. The maximum absolute atomic E-state index is 12.1. The van der Waals surface area contributed by atoms with E-state index in [1.54, 1.807) is 0 Å². The van der Waals surface area contributed by atoms with E-state index in [0.717, 1.165) is 32.1 Å². The zero-order chi connectivity index (χ0) is 26.2. The quantitative estimate of drug-likeness (QED) is 0.0862. The molecule has 0 heterocycles. The predicted molar refractivity (Wildman–Crippen MR) is 137 cm³/mol. The molecule has 0 aromatic carbocycles. The molecule has 1 unspecified atom stereocenters. The first kappa shape index (κ1) is 34.0. The van der Waals surface area contributed by atoms with Crippen molar-refractivity contribution in [3.8, 4) is 0 Å². The Hall–Kier alpha value is -0.990. The zero-order valence-electron chi connectivity index (χ0n) is 22.0. The molecule has 9 nitrogen and oxygen atoms in total. The van der Waals surface area contributed by atoms with Crippen molar-refractivity contribution in [1.29, 1.82) is 0 Å². The van der Waals surface area contributed by atoms with Crippen LogP contribution in [0.25, 0.3) is 0 Å². The van der Waals surface area contributed by atoms with Crippen LogP contribution in [-0.2, 0) is 32.7 Å². The molecular weight excluding hydrogens is 473 g/mol. The monoisotopic (exact) mass is 523 g/mol. The molecule has 208 valence electrons. The molecule has 0 rings (SSSR count). The highest BCUT2D eigenvalue weighted by Crippen LogP contribution is 2.43. The fourth-order valence-corrected chi connectivity index (χ4v) is 4.22. The van der Waals surface area contributed by atoms with Crippen LogP contribution in [0.1, 0.15) is 117 Å². The lowest BCUT2D eigenvalue weighted by atomic mass is 10.1. The molecule has 0 aromatic heterocycles. The normalized spacial score (nSPS) is 13.8. The fourth-order valence-electron chi connectivity index (χ4n) is 3.45. The molecule has 0 saturated heterocycles. The Morgan fingerprint density at radius 1 is 0.743 bits per heavy atom. The Morgan fingerprint density at radius 3 is 1.80 bits per heavy atom. The third kappa shape index (κ3) is 23.2. The van der Waals surface area contributed by atoms with Crippen LogP contribution in [0.5, 0.6) is 0 Å². The standard InChI is InChI=1S/C25H50NO8P/c1-3-5-7-8-9-10-11-12-13-14-16-17-24(27)31-21-23(34-25(28)18-15-6-4-2)22-33-35(29,30)32-20-19-26/h23H,3-22,26H2,1-2H3,(H,29,30)/t23-/m1/s1. The molecule has 3 N–H and O–H groups in total. The second kappa shape index (κ2) is 23.4. The van der Waals surface area contributed by atoms with Gasteiger partial charge in [0.2, 0.25) is 0 Å². The Kier molecular flexibility index (Phi) is 22.7. The molecule has 0 bridgehead atoms. The van der Waals surface area contributed by atoms with Gasteiger partial charge in [0.1, 0.15) is 6.61 Å². The summed E-state index contributed by atoms with van der Waals surface area (Å²) in [5.41, 5.74) is 5.26. The number of hydrogen-bond acceptors (Lipinski definition) is 8. The van der Waals surface area contributed by atoms with Gasteiger partial charge in [0.25, 0.3) is 0 Å². The van der Waals surface area contributed by atoms with Gasteiger partial charge in [-0.2, -0.15) is 0 Å². The SMILES string of the molecule is CCCCCCCCCCCCCC(=O)OC[C@H](COP(=O)(O)OCCN)OC(=O)CCCCC. The first-order valence-corrected chi connectivity index (χ1v) is 15.0. The van der Waals surface area contributed by atoms with Crippen LogP contribution >= 0.6 is 7.82 Å². The van der Waals surface area contributed by atoms with Crippen molar-refractivity contribution in [2.45, 2.75) is 123 Å². The van der Waals surface area contributed by atoms with Gasteiger partial charge < -0.3 is 20.1 Å². The Bertz CT molecular complexity index is 576. The molecule has 0 aliphatic rings. The number of rotatable bonds is 25. The molecule has 0 radical (unpaired) electrons. The summed E-state index contributed by atoms with van der Waals surface area (Å²) in [6.07, 6.45) is 15.1. The summed E-state index contributed by atoms with van der Waals surface area (Å²) in [6, 6.07) is 0. The number of carbonyl (C=O) groups excluding carboxylic acids is 2. The summed E-state index contributed by atoms with van der Waals surface area (Å²) >= 11 is 0. The van der Waals surface area contributed by atoms with E-state index in [4.69, 9.17) is 19.7 Å². The smallest absolute Gasteiger partial charge is 0.462 e. The maximum atomic E-state index is 12.1. The van der Waals surface area contributed by atoms with Gasteiger partial charge in [0.15, 0.2) is 6.10 Å². The van der Waals surface area contributed by atoms with E-state index in [-0.39, 0.29) is 38.6 Å². The lowest BCUT2D eigenvalue weighted by molar-refractivity contribution is -0.161. The maximum Gasteiger partial charge on any atom is 0.472 e. The summed E-state index contributed by atoms with van der Waals surface area (Å²) in [6.45, 7) is 3.49. The van der Waals surface area contributed by atoms with Crippen LogP contribution in [0.2, 0.25) is 0 Å². The lowest BCUT2D eigenvalue weighted by Gasteiger charge is -2.19. The minimum atomic E-state index is -4.33. The van der Waals surface area contributed by atoms with Gasteiger partial charge in [-0.05, 0) is 12.8 Å². The number of ether oxygens (including phenoxy) is 2. The van der Waals surface area contributed by atoms with Gasteiger partial charge in [-0.1, -0.05) is 90.9 Å². The van der Waals surface area contributed by atoms with Gasteiger partial charge in [-0.25, -0.2) is 4.57 Å². The van der Waals surface area contributed by atoms with Crippen molar-refractivity contribution >= 4 is 19.8 Å². The molecule has 0 amide bonds. The van der Waals surface area contributed by atoms with E-state index in [1.807, 2.05) is 6.92 Å². The van der Waals surface area contributed by atoms with E-state index in [2.05, 4.69) is 11.4 Å². The topological polar surface area (TPSA) is 134 Å². The van der Waals surface area contributed by atoms with Crippen molar-refractivity contribution in [3.05, 3.63) is 0 Å². The van der Waals surface area contributed by atoms with Gasteiger partial charge in [-0.3, -0.25) is 18.6 Å². The van der Waals surface area contributed by atoms with Crippen molar-refractivity contribution in [2.24, 2.45) is 5.73 Å². The molecular formula is C25H50NO8P. The summed E-state index contributed by atoms with van der Waals surface area (Å²) in [7, 11) is -4.33.